The first-order chi connectivity index (χ1) is 6.76. The van der Waals surface area contributed by atoms with Crippen LogP contribution < -0.4 is 5.43 Å². The van der Waals surface area contributed by atoms with Crippen molar-refractivity contribution in [1.82, 2.24) is 10.4 Å². The number of carbonyl (C=O) groups is 1. The van der Waals surface area contributed by atoms with Gasteiger partial charge in [-0.25, -0.2) is 15.2 Å². The SMILES string of the molecule is C=CCN(NC(C)C)C(=O)OC(C)(C)C. The van der Waals surface area contributed by atoms with Crippen molar-refractivity contribution < 1.29 is 9.53 Å². The molecular weight excluding hydrogens is 192 g/mol. The van der Waals surface area contributed by atoms with E-state index in [4.69, 9.17) is 4.74 Å². The molecule has 0 fully saturated rings. The van der Waals surface area contributed by atoms with Crippen LogP contribution in [-0.2, 0) is 4.74 Å². The third-order valence-electron chi connectivity index (χ3n) is 1.34. The third-order valence-corrected chi connectivity index (χ3v) is 1.34. The first-order valence-corrected chi connectivity index (χ1v) is 5.14. The highest BCUT2D eigenvalue weighted by atomic mass is 16.6. The Morgan fingerprint density at radius 1 is 1.53 bits per heavy atom. The summed E-state index contributed by atoms with van der Waals surface area (Å²) in [5.74, 6) is 0. The summed E-state index contributed by atoms with van der Waals surface area (Å²) in [6.07, 6.45) is 1.27. The minimum atomic E-state index is -0.477. The Morgan fingerprint density at radius 3 is 2.40 bits per heavy atom. The summed E-state index contributed by atoms with van der Waals surface area (Å²) >= 11 is 0. The van der Waals surface area contributed by atoms with Crippen molar-refractivity contribution in [3.05, 3.63) is 12.7 Å². The van der Waals surface area contributed by atoms with Crippen LogP contribution in [0.5, 0.6) is 0 Å². The van der Waals surface area contributed by atoms with Crippen LogP contribution in [-0.4, -0.2) is 29.3 Å². The van der Waals surface area contributed by atoms with Crippen molar-refractivity contribution >= 4 is 6.09 Å². The van der Waals surface area contributed by atoms with E-state index in [2.05, 4.69) is 12.0 Å². The molecule has 1 amide bonds. The van der Waals surface area contributed by atoms with E-state index in [1.807, 2.05) is 34.6 Å². The van der Waals surface area contributed by atoms with Crippen molar-refractivity contribution in [2.45, 2.75) is 46.3 Å². The van der Waals surface area contributed by atoms with Crippen molar-refractivity contribution in [2.75, 3.05) is 6.54 Å². The smallest absolute Gasteiger partial charge is 0.425 e. The number of rotatable bonds is 4. The first kappa shape index (κ1) is 14.0. The summed E-state index contributed by atoms with van der Waals surface area (Å²) in [7, 11) is 0. The minimum Gasteiger partial charge on any atom is -0.443 e. The largest absolute Gasteiger partial charge is 0.443 e. The van der Waals surface area contributed by atoms with Gasteiger partial charge in [0, 0.05) is 6.04 Å². The van der Waals surface area contributed by atoms with Crippen molar-refractivity contribution in [3.8, 4) is 0 Å². The summed E-state index contributed by atoms with van der Waals surface area (Å²) < 4.78 is 5.23. The van der Waals surface area contributed by atoms with Crippen LogP contribution in [0.4, 0.5) is 4.79 Å². The van der Waals surface area contributed by atoms with Gasteiger partial charge < -0.3 is 4.74 Å². The molecule has 0 aliphatic heterocycles. The van der Waals surface area contributed by atoms with Gasteiger partial charge in [-0.05, 0) is 34.6 Å². The van der Waals surface area contributed by atoms with E-state index in [0.717, 1.165) is 0 Å². The summed E-state index contributed by atoms with van der Waals surface area (Å²) in [6, 6.07) is 0.178. The second kappa shape index (κ2) is 5.75. The molecule has 0 heterocycles. The number of carbonyl (C=O) groups excluding carboxylic acids is 1. The number of hydrazine groups is 1. The van der Waals surface area contributed by atoms with Gasteiger partial charge in [-0.3, -0.25) is 0 Å². The Bertz CT molecular complexity index is 219. The molecule has 0 radical (unpaired) electrons. The van der Waals surface area contributed by atoms with E-state index >= 15 is 0 Å². The second-order valence-corrected chi connectivity index (χ2v) is 4.66. The fourth-order valence-corrected chi connectivity index (χ4v) is 0.938. The third kappa shape index (κ3) is 6.96. The Labute approximate surface area is 92.3 Å². The summed E-state index contributed by atoms with van der Waals surface area (Å²) in [5, 5.41) is 1.42. The molecule has 0 unspecified atom stereocenters. The van der Waals surface area contributed by atoms with Gasteiger partial charge in [-0.2, -0.15) is 0 Å². The lowest BCUT2D eigenvalue weighted by atomic mass is 10.2. The zero-order valence-corrected chi connectivity index (χ0v) is 10.3. The number of hydrogen-bond acceptors (Lipinski definition) is 3. The average molecular weight is 214 g/mol. The molecule has 0 rings (SSSR count). The zero-order valence-electron chi connectivity index (χ0n) is 10.3. The lowest BCUT2D eigenvalue weighted by Gasteiger charge is -2.28. The van der Waals surface area contributed by atoms with Crippen LogP contribution in [0.2, 0.25) is 0 Å². The van der Waals surface area contributed by atoms with Gasteiger partial charge in [0.1, 0.15) is 5.60 Å². The van der Waals surface area contributed by atoms with Gasteiger partial charge >= 0.3 is 6.09 Å². The quantitative estimate of drug-likeness (QED) is 0.577. The molecule has 0 aromatic rings. The first-order valence-electron chi connectivity index (χ1n) is 5.14. The lowest BCUT2D eigenvalue weighted by Crippen LogP contribution is -2.48. The predicted molar refractivity (Wildman–Crippen MR) is 61.4 cm³/mol. The van der Waals surface area contributed by atoms with Crippen molar-refractivity contribution in [1.29, 1.82) is 0 Å². The molecule has 0 saturated heterocycles. The maximum absolute atomic E-state index is 11.7. The molecule has 15 heavy (non-hydrogen) atoms. The molecular formula is C11H22N2O2. The van der Waals surface area contributed by atoms with Gasteiger partial charge in [0.25, 0.3) is 0 Å². The van der Waals surface area contributed by atoms with Crippen LogP contribution in [0.15, 0.2) is 12.7 Å². The molecule has 0 atom stereocenters. The molecule has 0 aliphatic carbocycles. The zero-order chi connectivity index (χ0) is 12.1. The van der Waals surface area contributed by atoms with Gasteiger partial charge in [0.2, 0.25) is 0 Å². The van der Waals surface area contributed by atoms with Crippen molar-refractivity contribution in [2.24, 2.45) is 0 Å². The monoisotopic (exact) mass is 214 g/mol. The van der Waals surface area contributed by atoms with E-state index in [-0.39, 0.29) is 12.1 Å². The molecule has 4 nitrogen and oxygen atoms in total. The van der Waals surface area contributed by atoms with Gasteiger partial charge in [0.05, 0.1) is 6.54 Å². The highest BCUT2D eigenvalue weighted by molar-refractivity contribution is 5.67. The van der Waals surface area contributed by atoms with Crippen LogP contribution in [0.1, 0.15) is 34.6 Å². The van der Waals surface area contributed by atoms with Gasteiger partial charge in [-0.1, -0.05) is 6.08 Å². The van der Waals surface area contributed by atoms with Crippen molar-refractivity contribution in [3.63, 3.8) is 0 Å². The summed E-state index contributed by atoms with van der Waals surface area (Å²) in [4.78, 5) is 11.7. The Balaban J connectivity index is 4.35. The summed E-state index contributed by atoms with van der Waals surface area (Å²) in [5.41, 5.74) is 2.51. The molecule has 4 heteroatoms. The predicted octanol–water partition coefficient (Wildman–Crippen LogP) is 2.32. The van der Waals surface area contributed by atoms with E-state index in [1.54, 1.807) is 6.08 Å². The highest BCUT2D eigenvalue weighted by Gasteiger charge is 2.21. The number of hydrogen-bond donors (Lipinski definition) is 1. The van der Waals surface area contributed by atoms with Crippen LogP contribution in [0.25, 0.3) is 0 Å². The molecule has 0 aliphatic rings. The molecule has 0 saturated carbocycles. The van der Waals surface area contributed by atoms with Crippen LogP contribution in [0.3, 0.4) is 0 Å². The van der Waals surface area contributed by atoms with E-state index in [9.17, 15) is 4.79 Å². The highest BCUT2D eigenvalue weighted by Crippen LogP contribution is 2.09. The number of amides is 1. The molecule has 0 spiro atoms. The summed E-state index contributed by atoms with van der Waals surface area (Å²) in [6.45, 7) is 13.5. The van der Waals surface area contributed by atoms with E-state index in [0.29, 0.717) is 6.54 Å². The molecule has 1 N–H and O–H groups in total. The maximum Gasteiger partial charge on any atom is 0.425 e. The second-order valence-electron chi connectivity index (χ2n) is 4.66. The topological polar surface area (TPSA) is 41.6 Å². The number of ether oxygens (including phenoxy) is 1. The Kier molecular flexibility index (Phi) is 5.36. The number of nitrogens with one attached hydrogen (secondary N) is 1. The average Bonchev–Trinajstić information content (AvgIpc) is 1.99. The van der Waals surface area contributed by atoms with Gasteiger partial charge in [-0.15, -0.1) is 6.58 Å². The van der Waals surface area contributed by atoms with E-state index in [1.165, 1.54) is 5.01 Å². The Morgan fingerprint density at radius 2 is 2.07 bits per heavy atom. The standard InChI is InChI=1S/C11H22N2O2/c1-7-8-13(12-9(2)3)10(14)15-11(4,5)6/h7,9,12H,1,8H2,2-6H3. The molecule has 0 aromatic carbocycles. The molecule has 0 bridgehead atoms. The van der Waals surface area contributed by atoms with Crippen LogP contribution in [0, 0.1) is 0 Å². The molecule has 0 aromatic heterocycles. The normalized spacial score (nSPS) is 11.3. The maximum atomic E-state index is 11.7. The van der Waals surface area contributed by atoms with Gasteiger partial charge in [0.15, 0.2) is 0 Å². The number of nitrogens with zero attached hydrogens (tertiary/aromatic N) is 1. The molecule has 88 valence electrons. The van der Waals surface area contributed by atoms with E-state index < -0.39 is 5.60 Å². The fourth-order valence-electron chi connectivity index (χ4n) is 0.938. The van der Waals surface area contributed by atoms with Crippen LogP contribution >= 0.6 is 0 Å². The minimum absolute atomic E-state index is 0.178. The fraction of sp³-hybridized carbons (Fsp3) is 0.727. The lowest BCUT2D eigenvalue weighted by molar-refractivity contribution is 0.0141. The Hall–Kier alpha value is -1.03.